The van der Waals surface area contributed by atoms with Crippen LogP contribution in [0.4, 0.5) is 0 Å². The number of unbranched alkanes of at least 4 members (excludes halogenated alkanes) is 1. The van der Waals surface area contributed by atoms with Crippen LogP contribution in [0.25, 0.3) is 0 Å². The molecule has 24 heavy (non-hydrogen) atoms. The van der Waals surface area contributed by atoms with Crippen molar-refractivity contribution >= 4 is 5.96 Å². The molecule has 2 rings (SSSR count). The Morgan fingerprint density at radius 3 is 2.71 bits per heavy atom. The Balaban J connectivity index is 1.65. The summed E-state index contributed by atoms with van der Waals surface area (Å²) in [7, 11) is 1.81. The van der Waals surface area contributed by atoms with Crippen molar-refractivity contribution in [2.45, 2.75) is 39.2 Å². The standard InChI is InChI=1S/C18H28N6/c1-15-7-6-8-17(11-15)16(2)12-21-18(19-3)20-9-4-5-10-24-13-22-23-14-24/h6-8,11,13-14,16H,4-5,9-10,12H2,1-3H3,(H2,19,20,21). The Labute approximate surface area is 144 Å². The minimum atomic E-state index is 0.442. The number of aliphatic imine (C=N–C) groups is 1. The number of aromatic nitrogens is 3. The van der Waals surface area contributed by atoms with E-state index in [-0.39, 0.29) is 0 Å². The molecule has 0 amide bonds. The number of benzene rings is 1. The first-order valence-corrected chi connectivity index (χ1v) is 8.52. The Kier molecular flexibility index (Phi) is 7.26. The molecule has 6 heteroatoms. The van der Waals surface area contributed by atoms with Crippen LogP contribution in [0.15, 0.2) is 41.9 Å². The van der Waals surface area contributed by atoms with Crippen molar-refractivity contribution in [2.24, 2.45) is 4.99 Å². The number of aryl methyl sites for hydroxylation is 2. The minimum Gasteiger partial charge on any atom is -0.356 e. The lowest BCUT2D eigenvalue weighted by atomic mass is 9.99. The molecule has 1 unspecified atom stereocenters. The van der Waals surface area contributed by atoms with E-state index < -0.39 is 0 Å². The molecule has 0 spiro atoms. The zero-order valence-corrected chi connectivity index (χ0v) is 14.9. The fourth-order valence-corrected chi connectivity index (χ4v) is 2.53. The van der Waals surface area contributed by atoms with Crippen LogP contribution in [-0.2, 0) is 6.54 Å². The zero-order chi connectivity index (χ0) is 17.2. The van der Waals surface area contributed by atoms with Gasteiger partial charge in [-0.1, -0.05) is 36.8 Å². The molecule has 0 aliphatic heterocycles. The van der Waals surface area contributed by atoms with Gasteiger partial charge in [0.25, 0.3) is 0 Å². The van der Waals surface area contributed by atoms with Crippen molar-refractivity contribution in [3.8, 4) is 0 Å². The molecule has 1 aromatic carbocycles. The van der Waals surface area contributed by atoms with Gasteiger partial charge in [-0.15, -0.1) is 10.2 Å². The van der Waals surface area contributed by atoms with E-state index in [4.69, 9.17) is 0 Å². The van der Waals surface area contributed by atoms with E-state index in [0.29, 0.717) is 5.92 Å². The van der Waals surface area contributed by atoms with Gasteiger partial charge in [0.1, 0.15) is 12.7 Å². The van der Waals surface area contributed by atoms with Gasteiger partial charge in [0.15, 0.2) is 5.96 Å². The number of hydrogen-bond acceptors (Lipinski definition) is 3. The van der Waals surface area contributed by atoms with Crippen LogP contribution in [0.2, 0.25) is 0 Å². The summed E-state index contributed by atoms with van der Waals surface area (Å²) in [6.07, 6.45) is 5.66. The summed E-state index contributed by atoms with van der Waals surface area (Å²) in [5.41, 5.74) is 2.65. The Bertz CT molecular complexity index is 620. The van der Waals surface area contributed by atoms with Crippen LogP contribution in [0.5, 0.6) is 0 Å². The number of rotatable bonds is 8. The van der Waals surface area contributed by atoms with E-state index in [9.17, 15) is 0 Å². The van der Waals surface area contributed by atoms with E-state index in [1.807, 2.05) is 11.6 Å². The molecule has 0 radical (unpaired) electrons. The van der Waals surface area contributed by atoms with Crippen molar-refractivity contribution in [1.29, 1.82) is 0 Å². The predicted molar refractivity (Wildman–Crippen MR) is 98.2 cm³/mol. The van der Waals surface area contributed by atoms with E-state index in [0.717, 1.165) is 38.4 Å². The number of hydrogen-bond donors (Lipinski definition) is 2. The van der Waals surface area contributed by atoms with E-state index in [2.05, 4.69) is 63.9 Å². The number of nitrogens with one attached hydrogen (secondary N) is 2. The van der Waals surface area contributed by atoms with Gasteiger partial charge in [0.05, 0.1) is 0 Å². The summed E-state index contributed by atoms with van der Waals surface area (Å²) in [5, 5.41) is 14.4. The average Bonchev–Trinajstić information content (AvgIpc) is 3.10. The van der Waals surface area contributed by atoms with Crippen LogP contribution < -0.4 is 10.6 Å². The second-order valence-corrected chi connectivity index (χ2v) is 6.10. The Morgan fingerprint density at radius 1 is 1.21 bits per heavy atom. The molecule has 1 heterocycles. The number of guanidine groups is 1. The monoisotopic (exact) mass is 328 g/mol. The summed E-state index contributed by atoms with van der Waals surface area (Å²) in [6, 6.07) is 8.67. The van der Waals surface area contributed by atoms with E-state index >= 15 is 0 Å². The van der Waals surface area contributed by atoms with Gasteiger partial charge >= 0.3 is 0 Å². The van der Waals surface area contributed by atoms with Gasteiger partial charge in [0.2, 0.25) is 0 Å². The maximum Gasteiger partial charge on any atom is 0.190 e. The molecular weight excluding hydrogens is 300 g/mol. The lowest BCUT2D eigenvalue weighted by molar-refractivity contribution is 0.596. The molecular formula is C18H28N6. The molecule has 2 N–H and O–H groups in total. The molecule has 0 saturated carbocycles. The minimum absolute atomic E-state index is 0.442. The largest absolute Gasteiger partial charge is 0.356 e. The van der Waals surface area contributed by atoms with Gasteiger partial charge in [-0.25, -0.2) is 0 Å². The van der Waals surface area contributed by atoms with Gasteiger partial charge in [-0.3, -0.25) is 4.99 Å². The molecule has 1 atom stereocenters. The lowest BCUT2D eigenvalue weighted by Gasteiger charge is -2.16. The molecule has 0 aliphatic carbocycles. The van der Waals surface area contributed by atoms with Gasteiger partial charge in [0, 0.05) is 26.7 Å². The fourth-order valence-electron chi connectivity index (χ4n) is 2.53. The maximum atomic E-state index is 4.29. The normalized spacial score (nSPS) is 12.9. The van der Waals surface area contributed by atoms with E-state index in [1.165, 1.54) is 11.1 Å². The van der Waals surface area contributed by atoms with Crippen LogP contribution >= 0.6 is 0 Å². The summed E-state index contributed by atoms with van der Waals surface area (Å²) < 4.78 is 2.00. The van der Waals surface area contributed by atoms with Crippen molar-refractivity contribution in [1.82, 2.24) is 25.4 Å². The van der Waals surface area contributed by atoms with Crippen molar-refractivity contribution in [3.05, 3.63) is 48.0 Å². The van der Waals surface area contributed by atoms with E-state index in [1.54, 1.807) is 12.7 Å². The van der Waals surface area contributed by atoms with Crippen molar-refractivity contribution < 1.29 is 0 Å². The highest BCUT2D eigenvalue weighted by molar-refractivity contribution is 5.79. The molecule has 0 saturated heterocycles. The first-order chi connectivity index (χ1) is 11.7. The summed E-state index contributed by atoms with van der Waals surface area (Å²) in [5.74, 6) is 1.30. The third kappa shape index (κ3) is 6.02. The number of nitrogens with zero attached hydrogens (tertiary/aromatic N) is 4. The third-order valence-corrected chi connectivity index (χ3v) is 4.01. The smallest absolute Gasteiger partial charge is 0.190 e. The Morgan fingerprint density at radius 2 is 2.00 bits per heavy atom. The highest BCUT2D eigenvalue weighted by atomic mass is 15.2. The quantitative estimate of drug-likeness (QED) is 0.443. The van der Waals surface area contributed by atoms with Crippen LogP contribution in [0.1, 0.15) is 36.8 Å². The zero-order valence-electron chi connectivity index (χ0n) is 14.9. The fraction of sp³-hybridized carbons (Fsp3) is 0.500. The Hall–Kier alpha value is -2.37. The van der Waals surface area contributed by atoms with Crippen molar-refractivity contribution in [2.75, 3.05) is 20.1 Å². The first-order valence-electron chi connectivity index (χ1n) is 8.52. The molecule has 0 aliphatic rings. The molecule has 6 nitrogen and oxygen atoms in total. The van der Waals surface area contributed by atoms with Crippen LogP contribution in [-0.4, -0.2) is 40.9 Å². The summed E-state index contributed by atoms with van der Waals surface area (Å²) in [6.45, 7) is 7.08. The van der Waals surface area contributed by atoms with Crippen molar-refractivity contribution in [3.63, 3.8) is 0 Å². The third-order valence-electron chi connectivity index (χ3n) is 4.01. The average molecular weight is 328 g/mol. The highest BCUT2D eigenvalue weighted by Crippen LogP contribution is 2.15. The maximum absolute atomic E-state index is 4.29. The highest BCUT2D eigenvalue weighted by Gasteiger charge is 2.06. The first kappa shape index (κ1) is 18.0. The van der Waals surface area contributed by atoms with Crippen LogP contribution in [0.3, 0.4) is 0 Å². The molecule has 0 bridgehead atoms. The molecule has 1 aromatic heterocycles. The SMILES string of the molecule is CN=C(NCCCCn1cnnc1)NCC(C)c1cccc(C)c1. The van der Waals surface area contributed by atoms with Crippen LogP contribution in [0, 0.1) is 6.92 Å². The second-order valence-electron chi connectivity index (χ2n) is 6.10. The summed E-state index contributed by atoms with van der Waals surface area (Å²) in [4.78, 5) is 4.29. The molecule has 2 aromatic rings. The topological polar surface area (TPSA) is 67.1 Å². The molecule has 130 valence electrons. The second kappa shape index (κ2) is 9.70. The lowest BCUT2D eigenvalue weighted by Crippen LogP contribution is -2.39. The predicted octanol–water partition coefficient (Wildman–Crippen LogP) is 2.34. The van der Waals surface area contributed by atoms with Gasteiger partial charge < -0.3 is 15.2 Å². The molecule has 0 fully saturated rings. The summed E-state index contributed by atoms with van der Waals surface area (Å²) >= 11 is 0. The van der Waals surface area contributed by atoms with Gasteiger partial charge in [-0.2, -0.15) is 0 Å². The van der Waals surface area contributed by atoms with Gasteiger partial charge in [-0.05, 0) is 31.2 Å².